The Morgan fingerprint density at radius 3 is 2.79 bits per heavy atom. The van der Waals surface area contributed by atoms with Gasteiger partial charge in [-0.3, -0.25) is 4.98 Å². The fourth-order valence-electron chi connectivity index (χ4n) is 3.45. The van der Waals surface area contributed by atoms with E-state index in [4.69, 9.17) is 5.73 Å². The summed E-state index contributed by atoms with van der Waals surface area (Å²) in [6.07, 6.45) is 7.67. The van der Waals surface area contributed by atoms with E-state index in [0.29, 0.717) is 11.9 Å². The number of pyridine rings is 1. The van der Waals surface area contributed by atoms with Gasteiger partial charge in [0.1, 0.15) is 10.8 Å². The van der Waals surface area contributed by atoms with Crippen molar-refractivity contribution in [3.05, 3.63) is 24.5 Å². The van der Waals surface area contributed by atoms with Crippen LogP contribution in [0.4, 0.5) is 10.8 Å². The van der Waals surface area contributed by atoms with Crippen molar-refractivity contribution >= 4 is 22.4 Å². The summed E-state index contributed by atoms with van der Waals surface area (Å²) in [5, 5.41) is 1.25. The van der Waals surface area contributed by atoms with Gasteiger partial charge >= 0.3 is 0 Å². The molecule has 2 N–H and O–H groups in total. The van der Waals surface area contributed by atoms with Crippen molar-refractivity contribution in [1.82, 2.24) is 9.36 Å². The van der Waals surface area contributed by atoms with Crippen LogP contribution in [-0.4, -0.2) is 21.9 Å². The zero-order valence-corrected chi connectivity index (χ0v) is 11.4. The Morgan fingerprint density at radius 1 is 1.26 bits per heavy atom. The van der Waals surface area contributed by atoms with Crippen LogP contribution in [0.2, 0.25) is 0 Å². The van der Waals surface area contributed by atoms with Crippen LogP contribution in [0.1, 0.15) is 19.3 Å². The Balaban J connectivity index is 1.78. The van der Waals surface area contributed by atoms with Crippen LogP contribution in [0.25, 0.3) is 11.1 Å². The second-order valence-electron chi connectivity index (χ2n) is 5.47. The van der Waals surface area contributed by atoms with Crippen LogP contribution < -0.4 is 10.6 Å². The smallest absolute Gasteiger partial charge is 0.147 e. The Bertz CT molecular complexity index is 595. The van der Waals surface area contributed by atoms with Crippen molar-refractivity contribution in [2.45, 2.75) is 25.3 Å². The third-order valence-corrected chi connectivity index (χ3v) is 5.24. The lowest BCUT2D eigenvalue weighted by molar-refractivity contribution is 0.556. The summed E-state index contributed by atoms with van der Waals surface area (Å²) in [4.78, 5) is 6.60. The lowest BCUT2D eigenvalue weighted by Crippen LogP contribution is -2.31. The Labute approximate surface area is 116 Å². The van der Waals surface area contributed by atoms with Gasteiger partial charge in [-0.05, 0) is 54.4 Å². The molecule has 2 aliphatic rings. The summed E-state index contributed by atoms with van der Waals surface area (Å²) in [5.41, 5.74) is 8.31. The molecule has 3 heterocycles. The minimum Gasteiger partial charge on any atom is -0.382 e. The van der Waals surface area contributed by atoms with Gasteiger partial charge in [-0.1, -0.05) is 0 Å². The molecule has 4 nitrogen and oxygen atoms in total. The van der Waals surface area contributed by atoms with E-state index in [1.807, 2.05) is 24.5 Å². The zero-order valence-electron chi connectivity index (χ0n) is 10.6. The molecule has 0 spiro atoms. The number of nitrogens with two attached hydrogens (primary N) is 1. The summed E-state index contributed by atoms with van der Waals surface area (Å²) < 4.78 is 4.38. The van der Waals surface area contributed by atoms with Crippen molar-refractivity contribution < 1.29 is 0 Å². The summed E-state index contributed by atoms with van der Waals surface area (Å²) in [6.45, 7) is 1.17. The van der Waals surface area contributed by atoms with Gasteiger partial charge in [0.15, 0.2) is 0 Å². The molecule has 2 aromatic heterocycles. The fraction of sp³-hybridized carbons (Fsp3) is 0.429. The van der Waals surface area contributed by atoms with Crippen LogP contribution in [-0.2, 0) is 0 Å². The van der Waals surface area contributed by atoms with Gasteiger partial charge in [-0.2, -0.15) is 4.37 Å². The van der Waals surface area contributed by atoms with Crippen molar-refractivity contribution in [2.24, 2.45) is 5.92 Å². The van der Waals surface area contributed by atoms with E-state index in [1.165, 1.54) is 42.3 Å². The van der Waals surface area contributed by atoms with Gasteiger partial charge in [0.2, 0.25) is 0 Å². The van der Waals surface area contributed by atoms with Gasteiger partial charge < -0.3 is 10.6 Å². The first kappa shape index (κ1) is 11.2. The molecule has 1 aliphatic heterocycles. The predicted molar refractivity (Wildman–Crippen MR) is 78.2 cm³/mol. The molecule has 2 aromatic rings. The molecule has 2 bridgehead atoms. The first-order chi connectivity index (χ1) is 9.33. The highest BCUT2D eigenvalue weighted by Gasteiger charge is 2.39. The third-order valence-electron chi connectivity index (χ3n) is 4.34. The van der Waals surface area contributed by atoms with Gasteiger partial charge in [-0.15, -0.1) is 0 Å². The molecule has 0 radical (unpaired) electrons. The molecule has 0 aromatic carbocycles. The number of anilines is 2. The second-order valence-corrected chi connectivity index (χ2v) is 6.22. The molecule has 1 saturated carbocycles. The topological polar surface area (TPSA) is 55.0 Å². The summed E-state index contributed by atoms with van der Waals surface area (Å²) in [5.74, 6) is 1.52. The van der Waals surface area contributed by atoms with Crippen LogP contribution in [0.5, 0.6) is 0 Å². The lowest BCUT2D eigenvalue weighted by atomic mass is 10.1. The van der Waals surface area contributed by atoms with Crippen LogP contribution >= 0.6 is 11.5 Å². The highest BCUT2D eigenvalue weighted by atomic mass is 32.1. The molecule has 19 heavy (non-hydrogen) atoms. The van der Waals surface area contributed by atoms with E-state index in [1.54, 1.807) is 0 Å². The van der Waals surface area contributed by atoms with Crippen LogP contribution in [0.15, 0.2) is 24.5 Å². The van der Waals surface area contributed by atoms with Crippen LogP contribution in [0, 0.1) is 5.92 Å². The van der Waals surface area contributed by atoms with Crippen molar-refractivity contribution in [1.29, 1.82) is 0 Å². The molecule has 98 valence electrons. The first-order valence-corrected chi connectivity index (χ1v) is 7.52. The van der Waals surface area contributed by atoms with Gasteiger partial charge in [-0.25, -0.2) is 0 Å². The van der Waals surface area contributed by atoms with Gasteiger partial charge in [0, 0.05) is 25.0 Å². The van der Waals surface area contributed by atoms with E-state index >= 15 is 0 Å². The zero-order chi connectivity index (χ0) is 12.8. The minimum absolute atomic E-state index is 0.647. The number of nitrogen functional groups attached to an aromatic ring is 1. The lowest BCUT2D eigenvalue weighted by Gasteiger charge is -2.28. The maximum absolute atomic E-state index is 6.09. The number of nitrogens with zero attached hydrogens (tertiary/aromatic N) is 3. The standard InChI is InChI=1S/C14H16N4S/c15-13-12(10-3-5-16-6-4-10)14(19-17-13)18-8-9-1-2-11(18)7-9/h3-6,9,11H,1-2,7-8H2,(H2,15,17). The third kappa shape index (κ3) is 1.72. The average Bonchev–Trinajstić information content (AvgIpc) is 3.14. The highest BCUT2D eigenvalue weighted by Crippen LogP contribution is 2.46. The molecule has 1 aliphatic carbocycles. The van der Waals surface area contributed by atoms with Gasteiger partial charge in [0.25, 0.3) is 0 Å². The number of piperidine rings is 1. The molecular formula is C14H16N4S. The minimum atomic E-state index is 0.647. The van der Waals surface area contributed by atoms with E-state index < -0.39 is 0 Å². The molecule has 2 unspecified atom stereocenters. The van der Waals surface area contributed by atoms with Crippen molar-refractivity contribution in [3.8, 4) is 11.1 Å². The van der Waals surface area contributed by atoms with E-state index in [9.17, 15) is 0 Å². The summed E-state index contributed by atoms with van der Waals surface area (Å²) in [6, 6.07) is 4.72. The Kier molecular flexibility index (Phi) is 2.48. The average molecular weight is 272 g/mol. The second kappa shape index (κ2) is 4.20. The number of fused-ring (bicyclic) bond motifs is 2. The molecule has 4 rings (SSSR count). The Hall–Kier alpha value is -1.62. The normalized spacial score (nSPS) is 25.2. The number of hydrogen-bond donors (Lipinski definition) is 1. The summed E-state index contributed by atoms with van der Waals surface area (Å²) >= 11 is 1.54. The predicted octanol–water partition coefficient (Wildman–Crippen LogP) is 2.78. The molecule has 2 fully saturated rings. The monoisotopic (exact) mass is 272 g/mol. The van der Waals surface area contributed by atoms with Crippen LogP contribution in [0.3, 0.4) is 0 Å². The Morgan fingerprint density at radius 2 is 2.11 bits per heavy atom. The largest absolute Gasteiger partial charge is 0.382 e. The number of rotatable bonds is 2. The highest BCUT2D eigenvalue weighted by molar-refractivity contribution is 7.11. The van der Waals surface area contributed by atoms with Gasteiger partial charge in [0.05, 0.1) is 5.56 Å². The van der Waals surface area contributed by atoms with Crippen molar-refractivity contribution in [3.63, 3.8) is 0 Å². The fourth-order valence-corrected chi connectivity index (χ4v) is 4.37. The number of aromatic nitrogens is 2. The van der Waals surface area contributed by atoms with E-state index in [2.05, 4.69) is 14.3 Å². The quantitative estimate of drug-likeness (QED) is 0.913. The molecule has 5 heteroatoms. The SMILES string of the molecule is Nc1nsc(N2CC3CCC2C3)c1-c1ccncc1. The maximum atomic E-state index is 6.09. The molecule has 1 saturated heterocycles. The molecular weight excluding hydrogens is 256 g/mol. The van der Waals surface area contributed by atoms with E-state index in [0.717, 1.165) is 17.0 Å². The molecule has 0 amide bonds. The van der Waals surface area contributed by atoms with Crippen molar-refractivity contribution in [2.75, 3.05) is 17.2 Å². The number of hydrogen-bond acceptors (Lipinski definition) is 5. The van der Waals surface area contributed by atoms with E-state index in [-0.39, 0.29) is 0 Å². The first-order valence-electron chi connectivity index (χ1n) is 6.75. The summed E-state index contributed by atoms with van der Waals surface area (Å²) in [7, 11) is 0. The maximum Gasteiger partial charge on any atom is 0.147 e. The molecule has 2 atom stereocenters.